The van der Waals surface area contributed by atoms with E-state index in [4.69, 9.17) is 0 Å². The summed E-state index contributed by atoms with van der Waals surface area (Å²) in [5.74, 6) is -1.16. The van der Waals surface area contributed by atoms with E-state index < -0.39 is 12.0 Å². The third-order valence-electron chi connectivity index (χ3n) is 3.39. The predicted molar refractivity (Wildman–Crippen MR) is 69.1 cm³/mol. The molecule has 2 atom stereocenters. The molecule has 1 N–H and O–H groups in total. The van der Waals surface area contributed by atoms with Gasteiger partial charge in [-0.25, -0.2) is 4.79 Å². The zero-order valence-corrected chi connectivity index (χ0v) is 11.9. The van der Waals surface area contributed by atoms with Crippen LogP contribution in [0.15, 0.2) is 0 Å². The molecule has 0 bridgehead atoms. The molecule has 2 amide bonds. The molecule has 0 aromatic heterocycles. The summed E-state index contributed by atoms with van der Waals surface area (Å²) in [5, 5.41) is 2.68. The van der Waals surface area contributed by atoms with Gasteiger partial charge in [-0.1, -0.05) is 13.8 Å². The Morgan fingerprint density at radius 1 is 1.47 bits per heavy atom. The van der Waals surface area contributed by atoms with E-state index in [1.807, 2.05) is 20.8 Å². The Kier molecular flexibility index (Phi) is 5.32. The van der Waals surface area contributed by atoms with Crippen molar-refractivity contribution in [3.05, 3.63) is 0 Å². The van der Waals surface area contributed by atoms with Crippen molar-refractivity contribution in [2.45, 2.75) is 33.2 Å². The maximum absolute atomic E-state index is 12.1. The zero-order valence-electron chi connectivity index (χ0n) is 11.9. The lowest BCUT2D eigenvalue weighted by Crippen LogP contribution is -2.47. The summed E-state index contributed by atoms with van der Waals surface area (Å²) < 4.78 is 4.67. The molecule has 0 aromatic rings. The molecule has 1 aliphatic heterocycles. The van der Waals surface area contributed by atoms with Gasteiger partial charge in [0.15, 0.2) is 0 Å². The summed E-state index contributed by atoms with van der Waals surface area (Å²) in [7, 11) is 1.29. The standard InChI is InChI=1S/C13H22N2O4/c1-5-15-7-9(6-10(15)16)12(17)14-11(8(2)3)13(18)19-4/h8-9,11H,5-7H2,1-4H3,(H,14,17). The van der Waals surface area contributed by atoms with Gasteiger partial charge in [-0.15, -0.1) is 0 Å². The van der Waals surface area contributed by atoms with Gasteiger partial charge in [-0.3, -0.25) is 9.59 Å². The van der Waals surface area contributed by atoms with Crippen molar-refractivity contribution in [2.75, 3.05) is 20.2 Å². The minimum atomic E-state index is -0.664. The van der Waals surface area contributed by atoms with Crippen LogP contribution in [0.1, 0.15) is 27.2 Å². The number of amides is 2. The Morgan fingerprint density at radius 2 is 2.11 bits per heavy atom. The van der Waals surface area contributed by atoms with Gasteiger partial charge in [0.25, 0.3) is 0 Å². The van der Waals surface area contributed by atoms with Gasteiger partial charge < -0.3 is 15.0 Å². The Balaban J connectivity index is 2.63. The fraction of sp³-hybridized carbons (Fsp3) is 0.769. The van der Waals surface area contributed by atoms with Crippen molar-refractivity contribution in [3.8, 4) is 0 Å². The van der Waals surface area contributed by atoms with E-state index in [2.05, 4.69) is 10.1 Å². The second kappa shape index (κ2) is 6.54. The van der Waals surface area contributed by atoms with Crippen LogP contribution in [0.5, 0.6) is 0 Å². The van der Waals surface area contributed by atoms with E-state index in [1.54, 1.807) is 4.90 Å². The molecule has 0 radical (unpaired) electrons. The minimum Gasteiger partial charge on any atom is -0.467 e. The highest BCUT2D eigenvalue weighted by Crippen LogP contribution is 2.18. The first kappa shape index (κ1) is 15.5. The average Bonchev–Trinajstić information content (AvgIpc) is 2.75. The number of hydrogen-bond acceptors (Lipinski definition) is 4. The molecular weight excluding hydrogens is 248 g/mol. The highest BCUT2D eigenvalue weighted by molar-refractivity contribution is 5.91. The molecule has 0 saturated carbocycles. The molecule has 1 rings (SSSR count). The van der Waals surface area contributed by atoms with E-state index in [1.165, 1.54) is 7.11 Å². The number of hydrogen-bond donors (Lipinski definition) is 1. The number of ether oxygens (including phenoxy) is 1. The number of likely N-dealkylation sites (tertiary alicyclic amines) is 1. The number of methoxy groups -OCH3 is 1. The van der Waals surface area contributed by atoms with E-state index in [0.717, 1.165) is 0 Å². The summed E-state index contributed by atoms with van der Waals surface area (Å²) in [6.45, 7) is 6.57. The normalized spacial score (nSPS) is 20.6. The first-order valence-corrected chi connectivity index (χ1v) is 6.56. The molecule has 6 heteroatoms. The van der Waals surface area contributed by atoms with Crippen molar-refractivity contribution >= 4 is 17.8 Å². The van der Waals surface area contributed by atoms with Crippen LogP contribution in [0.2, 0.25) is 0 Å². The number of nitrogens with zero attached hydrogens (tertiary/aromatic N) is 1. The van der Waals surface area contributed by atoms with E-state index in [0.29, 0.717) is 13.1 Å². The van der Waals surface area contributed by atoms with Crippen LogP contribution in [-0.2, 0) is 19.1 Å². The van der Waals surface area contributed by atoms with Crippen LogP contribution in [0, 0.1) is 11.8 Å². The average molecular weight is 270 g/mol. The van der Waals surface area contributed by atoms with Gasteiger partial charge in [-0.2, -0.15) is 0 Å². The smallest absolute Gasteiger partial charge is 0.328 e. The highest BCUT2D eigenvalue weighted by atomic mass is 16.5. The number of rotatable bonds is 5. The van der Waals surface area contributed by atoms with Gasteiger partial charge in [0, 0.05) is 19.5 Å². The molecule has 0 spiro atoms. The van der Waals surface area contributed by atoms with Crippen LogP contribution in [0.4, 0.5) is 0 Å². The SMILES string of the molecule is CCN1CC(C(=O)NC(C(=O)OC)C(C)C)CC1=O. The number of esters is 1. The van der Waals surface area contributed by atoms with Crippen molar-refractivity contribution in [1.82, 2.24) is 10.2 Å². The van der Waals surface area contributed by atoms with E-state index in [9.17, 15) is 14.4 Å². The summed E-state index contributed by atoms with van der Waals surface area (Å²) in [6, 6.07) is -0.664. The van der Waals surface area contributed by atoms with Gasteiger partial charge in [0.2, 0.25) is 11.8 Å². The highest BCUT2D eigenvalue weighted by Gasteiger charge is 2.35. The van der Waals surface area contributed by atoms with Crippen molar-refractivity contribution in [3.63, 3.8) is 0 Å². The summed E-state index contributed by atoms with van der Waals surface area (Å²) in [5.41, 5.74) is 0. The fourth-order valence-corrected chi connectivity index (χ4v) is 2.15. The van der Waals surface area contributed by atoms with Crippen LogP contribution < -0.4 is 5.32 Å². The maximum Gasteiger partial charge on any atom is 0.328 e. The zero-order chi connectivity index (χ0) is 14.6. The number of nitrogens with one attached hydrogen (secondary N) is 1. The predicted octanol–water partition coefficient (Wildman–Crippen LogP) is 0.169. The molecule has 1 saturated heterocycles. The molecule has 6 nitrogen and oxygen atoms in total. The Morgan fingerprint density at radius 3 is 2.53 bits per heavy atom. The monoisotopic (exact) mass is 270 g/mol. The van der Waals surface area contributed by atoms with Crippen LogP contribution in [-0.4, -0.2) is 48.9 Å². The van der Waals surface area contributed by atoms with Crippen molar-refractivity contribution in [2.24, 2.45) is 11.8 Å². The first-order valence-electron chi connectivity index (χ1n) is 6.56. The van der Waals surface area contributed by atoms with Crippen LogP contribution >= 0.6 is 0 Å². The Labute approximate surface area is 113 Å². The largest absolute Gasteiger partial charge is 0.467 e. The van der Waals surface area contributed by atoms with Crippen LogP contribution in [0.3, 0.4) is 0 Å². The molecule has 1 aliphatic rings. The molecule has 1 heterocycles. The summed E-state index contributed by atoms with van der Waals surface area (Å²) >= 11 is 0. The molecule has 19 heavy (non-hydrogen) atoms. The summed E-state index contributed by atoms with van der Waals surface area (Å²) in [6.07, 6.45) is 0.214. The molecule has 108 valence electrons. The Bertz CT molecular complexity index is 368. The maximum atomic E-state index is 12.1. The Hall–Kier alpha value is -1.59. The molecule has 2 unspecified atom stereocenters. The lowest BCUT2D eigenvalue weighted by molar-refractivity contribution is -0.146. The fourth-order valence-electron chi connectivity index (χ4n) is 2.15. The van der Waals surface area contributed by atoms with Gasteiger partial charge in [0.05, 0.1) is 13.0 Å². The summed E-state index contributed by atoms with van der Waals surface area (Å²) in [4.78, 5) is 36.9. The minimum absolute atomic E-state index is 0.0122. The third-order valence-corrected chi connectivity index (χ3v) is 3.39. The van der Waals surface area contributed by atoms with Gasteiger partial charge in [0.1, 0.15) is 6.04 Å². The van der Waals surface area contributed by atoms with Gasteiger partial charge in [-0.05, 0) is 12.8 Å². The van der Waals surface area contributed by atoms with E-state index >= 15 is 0 Å². The van der Waals surface area contributed by atoms with Gasteiger partial charge >= 0.3 is 5.97 Å². The van der Waals surface area contributed by atoms with Crippen LogP contribution in [0.25, 0.3) is 0 Å². The number of carbonyl (C=O) groups excluding carboxylic acids is 3. The second-order valence-corrected chi connectivity index (χ2v) is 5.09. The molecule has 1 fully saturated rings. The molecule has 0 aliphatic carbocycles. The number of carbonyl (C=O) groups is 3. The third kappa shape index (κ3) is 3.68. The lowest BCUT2D eigenvalue weighted by atomic mass is 10.0. The lowest BCUT2D eigenvalue weighted by Gasteiger charge is -2.21. The molecule has 0 aromatic carbocycles. The molecular formula is C13H22N2O4. The first-order chi connectivity index (χ1) is 8.90. The topological polar surface area (TPSA) is 75.7 Å². The van der Waals surface area contributed by atoms with Crippen molar-refractivity contribution in [1.29, 1.82) is 0 Å². The van der Waals surface area contributed by atoms with E-state index in [-0.39, 0.29) is 30.1 Å². The van der Waals surface area contributed by atoms with Crippen molar-refractivity contribution < 1.29 is 19.1 Å². The second-order valence-electron chi connectivity index (χ2n) is 5.09. The quantitative estimate of drug-likeness (QED) is 0.723.